The van der Waals surface area contributed by atoms with E-state index in [1.165, 1.54) is 6.33 Å². The number of benzene rings is 3. The number of hydrogen-bond donors (Lipinski definition) is 2. The molecule has 0 radical (unpaired) electrons. The first-order chi connectivity index (χ1) is 29.7. The van der Waals surface area contributed by atoms with Gasteiger partial charge in [-0.3, -0.25) is 38.5 Å². The zero-order valence-electron chi connectivity index (χ0n) is 33.8. The van der Waals surface area contributed by atoms with E-state index < -0.39 is 23.8 Å². The summed E-state index contributed by atoms with van der Waals surface area (Å²) in [7, 11) is 0. The highest BCUT2D eigenvalue weighted by atomic mass is 16.5. The fraction of sp³-hybridized carbons (Fsp3) is 0.400. The van der Waals surface area contributed by atoms with Gasteiger partial charge in [0.1, 0.15) is 29.4 Å². The van der Waals surface area contributed by atoms with E-state index in [2.05, 4.69) is 30.0 Å². The average Bonchev–Trinajstić information content (AvgIpc) is 3.69. The highest BCUT2D eigenvalue weighted by Crippen LogP contribution is 2.35. The minimum Gasteiger partial charge on any atom is -0.457 e. The minimum atomic E-state index is -0.967. The second-order valence-electron chi connectivity index (χ2n) is 17.1. The lowest BCUT2D eigenvalue weighted by Crippen LogP contribution is -2.54. The maximum Gasteiger partial charge on any atom is 0.335 e. The van der Waals surface area contributed by atoms with Gasteiger partial charge in [0, 0.05) is 63.3 Å². The number of aromatic nitrogens is 4. The molecule has 5 aliphatic heterocycles. The molecule has 314 valence electrons. The maximum atomic E-state index is 14.2. The van der Waals surface area contributed by atoms with Crippen LogP contribution in [-0.4, -0.2) is 116 Å². The van der Waals surface area contributed by atoms with Crippen LogP contribution >= 0.6 is 0 Å². The van der Waals surface area contributed by atoms with E-state index in [1.54, 1.807) is 16.7 Å². The Morgan fingerprint density at radius 2 is 1.36 bits per heavy atom. The summed E-state index contributed by atoms with van der Waals surface area (Å²) in [6.45, 7) is 7.80. The second kappa shape index (κ2) is 15.9. The van der Waals surface area contributed by atoms with Crippen molar-refractivity contribution in [3.63, 3.8) is 0 Å². The van der Waals surface area contributed by atoms with Gasteiger partial charge < -0.3 is 25.2 Å². The molecule has 61 heavy (non-hydrogen) atoms. The van der Waals surface area contributed by atoms with Crippen LogP contribution in [0.4, 0.5) is 11.5 Å². The molecule has 3 aromatic carbocycles. The third-order valence-corrected chi connectivity index (χ3v) is 13.2. The van der Waals surface area contributed by atoms with Crippen LogP contribution in [0.15, 0.2) is 83.9 Å². The second-order valence-corrected chi connectivity index (χ2v) is 17.1. The standard InChI is InChI=1S/C45H48N10O6/c46-40-39-41(48-27-47-40)54(45(60)53(39)30-6-9-34(10-7-30)61-33-4-2-1-3-5-33)31-16-20-51(21-17-31)23-28-14-18-50(19-15-28)24-29-25-52(26-29)32-8-11-35-36(22-32)44(59)55(43(35)58)37-12-13-38(56)49-42(37)57/h1-11,22,27-29,31,37H,12-21,23-26H2,(H2,46,47,48)(H,49,56,57). The van der Waals surface area contributed by atoms with Gasteiger partial charge in [0.25, 0.3) is 11.8 Å². The number of nitrogens with one attached hydrogen (secondary N) is 1. The largest absolute Gasteiger partial charge is 0.457 e. The summed E-state index contributed by atoms with van der Waals surface area (Å²) in [6, 6.07) is 21.3. The van der Waals surface area contributed by atoms with E-state index in [0.717, 1.165) is 94.4 Å². The first-order valence-corrected chi connectivity index (χ1v) is 21.3. The third-order valence-electron chi connectivity index (χ3n) is 13.2. The first-order valence-electron chi connectivity index (χ1n) is 21.3. The topological polar surface area (TPSA) is 181 Å². The van der Waals surface area contributed by atoms with Crippen molar-refractivity contribution >= 4 is 46.3 Å². The van der Waals surface area contributed by atoms with Gasteiger partial charge in [-0.05, 0) is 106 Å². The Morgan fingerprint density at radius 1 is 0.705 bits per heavy atom. The van der Waals surface area contributed by atoms with Gasteiger partial charge >= 0.3 is 5.69 Å². The molecule has 16 heteroatoms. The Morgan fingerprint density at radius 3 is 2.08 bits per heavy atom. The van der Waals surface area contributed by atoms with Crippen LogP contribution in [0.5, 0.6) is 11.5 Å². The van der Waals surface area contributed by atoms with Gasteiger partial charge in [0.2, 0.25) is 11.8 Å². The number of ether oxygens (including phenoxy) is 1. The molecular weight excluding hydrogens is 777 g/mol. The molecule has 1 atom stereocenters. The molecule has 5 aliphatic rings. The van der Waals surface area contributed by atoms with E-state index in [0.29, 0.717) is 45.6 Å². The molecule has 4 saturated heterocycles. The molecular formula is C45H48N10O6. The Hall–Kier alpha value is -6.39. The van der Waals surface area contributed by atoms with Crippen molar-refractivity contribution in [2.75, 3.05) is 63.0 Å². The summed E-state index contributed by atoms with van der Waals surface area (Å²) in [5.41, 5.74) is 9.49. The zero-order valence-corrected chi connectivity index (χ0v) is 33.8. The molecule has 4 fully saturated rings. The lowest BCUT2D eigenvalue weighted by molar-refractivity contribution is -0.136. The number of imide groups is 2. The zero-order chi connectivity index (χ0) is 41.8. The summed E-state index contributed by atoms with van der Waals surface area (Å²) < 4.78 is 9.42. The van der Waals surface area contributed by atoms with E-state index in [1.807, 2.05) is 65.2 Å². The highest BCUT2D eigenvalue weighted by Gasteiger charge is 2.45. The molecule has 5 aromatic rings. The lowest BCUT2D eigenvalue weighted by Gasteiger charge is -2.45. The van der Waals surface area contributed by atoms with Crippen LogP contribution in [0.3, 0.4) is 0 Å². The van der Waals surface area contributed by atoms with Gasteiger partial charge in [-0.25, -0.2) is 14.8 Å². The quantitative estimate of drug-likeness (QED) is 0.195. The molecule has 0 saturated carbocycles. The Kier molecular flexibility index (Phi) is 10.1. The summed E-state index contributed by atoms with van der Waals surface area (Å²) in [4.78, 5) is 81.9. The molecule has 0 spiro atoms. The number of fused-ring (bicyclic) bond motifs is 2. The molecule has 0 aliphatic carbocycles. The summed E-state index contributed by atoms with van der Waals surface area (Å²) in [5.74, 6) is 0.854. The van der Waals surface area contributed by atoms with Crippen molar-refractivity contribution < 1.29 is 23.9 Å². The van der Waals surface area contributed by atoms with Crippen molar-refractivity contribution in [3.8, 4) is 17.2 Å². The smallest absolute Gasteiger partial charge is 0.335 e. The Bertz CT molecular complexity index is 2570. The number of para-hydroxylation sites is 1. The van der Waals surface area contributed by atoms with Crippen LogP contribution in [0.1, 0.15) is 65.3 Å². The SMILES string of the molecule is Nc1ncnc2c1n(-c1ccc(Oc3ccccc3)cc1)c(=O)n2C1CCN(CC2CCN(CC3CN(c4ccc5c(c4)C(=O)N(C4CCC(=O)NC4=O)C5=O)C3)CC2)CC1. The molecule has 0 bridgehead atoms. The van der Waals surface area contributed by atoms with Gasteiger partial charge in [-0.2, -0.15) is 0 Å². The predicted molar refractivity (Wildman–Crippen MR) is 227 cm³/mol. The fourth-order valence-electron chi connectivity index (χ4n) is 9.92. The number of nitrogen functional groups attached to an aromatic ring is 1. The minimum absolute atomic E-state index is 0.00121. The molecule has 2 aromatic heterocycles. The summed E-state index contributed by atoms with van der Waals surface area (Å²) in [6.07, 6.45) is 5.66. The molecule has 3 N–H and O–H groups in total. The fourth-order valence-corrected chi connectivity index (χ4v) is 9.92. The van der Waals surface area contributed by atoms with Crippen LogP contribution in [0.25, 0.3) is 16.9 Å². The van der Waals surface area contributed by atoms with E-state index in [9.17, 15) is 24.0 Å². The normalized spacial score (nSPS) is 21.0. The highest BCUT2D eigenvalue weighted by molar-refractivity contribution is 6.23. The van der Waals surface area contributed by atoms with Gasteiger partial charge in [0.05, 0.1) is 16.8 Å². The number of amides is 4. The monoisotopic (exact) mass is 824 g/mol. The van der Waals surface area contributed by atoms with E-state index >= 15 is 0 Å². The average molecular weight is 825 g/mol. The van der Waals surface area contributed by atoms with Crippen molar-refractivity contribution in [3.05, 3.63) is 101 Å². The number of rotatable bonds is 10. The van der Waals surface area contributed by atoms with Crippen molar-refractivity contribution in [2.24, 2.45) is 11.8 Å². The Balaban J connectivity index is 0.702. The third kappa shape index (κ3) is 7.33. The molecule has 4 amide bonds. The number of piperidine rings is 3. The molecule has 16 nitrogen and oxygen atoms in total. The van der Waals surface area contributed by atoms with E-state index in [4.69, 9.17) is 10.5 Å². The van der Waals surface area contributed by atoms with E-state index in [-0.39, 0.29) is 36.3 Å². The van der Waals surface area contributed by atoms with Crippen molar-refractivity contribution in [1.29, 1.82) is 0 Å². The van der Waals surface area contributed by atoms with Gasteiger partial charge in [0.15, 0.2) is 11.5 Å². The van der Waals surface area contributed by atoms with Crippen LogP contribution in [0, 0.1) is 11.8 Å². The number of likely N-dealkylation sites (tertiary alicyclic amines) is 2. The lowest BCUT2D eigenvalue weighted by atomic mass is 9.92. The summed E-state index contributed by atoms with van der Waals surface area (Å²) in [5, 5.41) is 2.25. The molecule has 10 rings (SSSR count). The maximum absolute atomic E-state index is 14.2. The number of anilines is 2. The van der Waals surface area contributed by atoms with Crippen molar-refractivity contribution in [1.82, 2.24) is 39.1 Å². The molecule has 7 heterocycles. The predicted octanol–water partition coefficient (Wildman–Crippen LogP) is 3.84. The van der Waals surface area contributed by atoms with Gasteiger partial charge in [-0.15, -0.1) is 0 Å². The Labute approximate surface area is 351 Å². The number of imidazole rings is 1. The number of nitrogens with zero attached hydrogens (tertiary/aromatic N) is 8. The van der Waals surface area contributed by atoms with Crippen LogP contribution in [0.2, 0.25) is 0 Å². The number of nitrogens with two attached hydrogens (primary N) is 1. The molecule has 1 unspecified atom stereocenters. The van der Waals surface area contributed by atoms with Crippen molar-refractivity contribution in [2.45, 2.75) is 50.6 Å². The van der Waals surface area contributed by atoms with Crippen LogP contribution < -0.4 is 26.4 Å². The number of carbonyl (C=O) groups is 4. The first kappa shape index (κ1) is 38.8. The summed E-state index contributed by atoms with van der Waals surface area (Å²) >= 11 is 0. The number of hydrogen-bond acceptors (Lipinski definition) is 12. The van der Waals surface area contributed by atoms with Crippen LogP contribution in [-0.2, 0) is 9.59 Å². The number of carbonyl (C=O) groups excluding carboxylic acids is 4. The van der Waals surface area contributed by atoms with Gasteiger partial charge in [-0.1, -0.05) is 18.2 Å².